The minimum atomic E-state index is 0.308. The summed E-state index contributed by atoms with van der Waals surface area (Å²) in [5, 5.41) is 0. The van der Waals surface area contributed by atoms with Crippen LogP contribution in [-0.2, 0) is 4.74 Å². The van der Waals surface area contributed by atoms with Gasteiger partial charge in [-0.2, -0.15) is 0 Å². The summed E-state index contributed by atoms with van der Waals surface area (Å²) in [6, 6.07) is 0. The zero-order valence-corrected chi connectivity index (χ0v) is 10.3. The van der Waals surface area contributed by atoms with E-state index in [-0.39, 0.29) is 0 Å². The van der Waals surface area contributed by atoms with E-state index in [4.69, 9.17) is 4.74 Å². The van der Waals surface area contributed by atoms with Gasteiger partial charge in [0.25, 0.3) is 0 Å². The van der Waals surface area contributed by atoms with Crippen molar-refractivity contribution in [1.29, 1.82) is 0 Å². The number of halogens is 1. The standard InChI is InChI=1S/C9H13IOS/c1-3-11-8-4-5-9(12-10)7(2)6-8/h5-6,8H,3-4H2,1-2H3/t8-/m0/s1. The van der Waals surface area contributed by atoms with Crippen LogP contribution in [0.2, 0.25) is 0 Å². The zero-order valence-electron chi connectivity index (χ0n) is 7.34. The molecule has 0 aromatic carbocycles. The molecule has 0 aromatic heterocycles. The number of hydrogen-bond acceptors (Lipinski definition) is 2. The number of ether oxygens (including phenoxy) is 1. The first kappa shape index (κ1) is 10.6. The van der Waals surface area contributed by atoms with Crippen LogP contribution in [0.4, 0.5) is 0 Å². The lowest BCUT2D eigenvalue weighted by molar-refractivity contribution is 0.0972. The summed E-state index contributed by atoms with van der Waals surface area (Å²) < 4.78 is 5.51. The average molecular weight is 296 g/mol. The van der Waals surface area contributed by atoms with Crippen LogP contribution >= 0.6 is 30.1 Å². The SMILES string of the molecule is CCO[C@@H]1C=C(C)C(SI)=CC1. The molecule has 0 N–H and O–H groups in total. The molecule has 1 aliphatic carbocycles. The van der Waals surface area contributed by atoms with Crippen LogP contribution in [0, 0.1) is 0 Å². The second kappa shape index (κ2) is 5.29. The predicted octanol–water partition coefficient (Wildman–Crippen LogP) is 3.71. The molecule has 1 aliphatic rings. The fourth-order valence-corrected chi connectivity index (χ4v) is 3.17. The van der Waals surface area contributed by atoms with Crippen LogP contribution in [0.3, 0.4) is 0 Å². The smallest absolute Gasteiger partial charge is 0.0796 e. The zero-order chi connectivity index (χ0) is 8.97. The van der Waals surface area contributed by atoms with E-state index in [1.165, 1.54) is 10.5 Å². The molecule has 0 amide bonds. The molecular weight excluding hydrogens is 283 g/mol. The molecule has 12 heavy (non-hydrogen) atoms. The molecule has 0 unspecified atom stereocenters. The first-order valence-corrected chi connectivity index (χ1v) is 7.43. The minimum absolute atomic E-state index is 0.308. The molecule has 0 bridgehead atoms. The molecule has 3 heteroatoms. The summed E-state index contributed by atoms with van der Waals surface area (Å²) in [4.78, 5) is 1.38. The Bertz CT molecular complexity index is 211. The molecular formula is C9H13IOS. The second-order valence-electron chi connectivity index (χ2n) is 2.72. The summed E-state index contributed by atoms with van der Waals surface area (Å²) in [5.41, 5.74) is 1.35. The van der Waals surface area contributed by atoms with Gasteiger partial charge in [0, 0.05) is 32.7 Å². The fraction of sp³-hybridized carbons (Fsp3) is 0.556. The minimum Gasteiger partial charge on any atom is -0.374 e. The summed E-state index contributed by atoms with van der Waals surface area (Å²) in [6.45, 7) is 4.98. The van der Waals surface area contributed by atoms with Gasteiger partial charge in [0.2, 0.25) is 0 Å². The number of allylic oxidation sites excluding steroid dienone is 1. The molecule has 0 saturated heterocycles. The quantitative estimate of drug-likeness (QED) is 0.734. The molecule has 0 fully saturated rings. The highest BCUT2D eigenvalue weighted by Crippen LogP contribution is 2.33. The first-order valence-electron chi connectivity index (χ1n) is 4.07. The third-order valence-corrected chi connectivity index (χ3v) is 3.90. The third-order valence-electron chi connectivity index (χ3n) is 1.82. The van der Waals surface area contributed by atoms with Gasteiger partial charge in [0.15, 0.2) is 0 Å². The van der Waals surface area contributed by atoms with Crippen molar-refractivity contribution in [2.45, 2.75) is 26.4 Å². The lowest BCUT2D eigenvalue weighted by Crippen LogP contribution is -2.12. The van der Waals surface area contributed by atoms with Crippen molar-refractivity contribution in [3.05, 3.63) is 22.6 Å². The van der Waals surface area contributed by atoms with E-state index in [1.807, 2.05) is 6.92 Å². The Balaban J connectivity index is 2.56. The molecule has 1 nitrogen and oxygen atoms in total. The van der Waals surface area contributed by atoms with Crippen molar-refractivity contribution in [2.75, 3.05) is 6.61 Å². The largest absolute Gasteiger partial charge is 0.374 e. The third kappa shape index (κ3) is 2.78. The van der Waals surface area contributed by atoms with Gasteiger partial charge in [-0.3, -0.25) is 0 Å². The maximum atomic E-state index is 5.51. The Morgan fingerprint density at radius 3 is 3.00 bits per heavy atom. The molecule has 0 spiro atoms. The maximum Gasteiger partial charge on any atom is 0.0796 e. The molecule has 0 aliphatic heterocycles. The second-order valence-corrected chi connectivity index (χ2v) is 4.64. The highest BCUT2D eigenvalue weighted by Gasteiger charge is 2.11. The Labute approximate surface area is 90.2 Å². The lowest BCUT2D eigenvalue weighted by Gasteiger charge is -2.18. The maximum absolute atomic E-state index is 5.51. The van der Waals surface area contributed by atoms with Gasteiger partial charge in [0.1, 0.15) is 0 Å². The van der Waals surface area contributed by atoms with Crippen LogP contribution in [0.1, 0.15) is 20.3 Å². The van der Waals surface area contributed by atoms with Crippen LogP contribution in [0.15, 0.2) is 22.6 Å². The predicted molar refractivity (Wildman–Crippen MR) is 63.5 cm³/mol. The Morgan fingerprint density at radius 1 is 1.75 bits per heavy atom. The molecule has 0 radical (unpaired) electrons. The lowest BCUT2D eigenvalue weighted by atomic mass is 10.1. The summed E-state index contributed by atoms with van der Waals surface area (Å²) >= 11 is 2.32. The van der Waals surface area contributed by atoms with E-state index in [0.717, 1.165) is 13.0 Å². The average Bonchev–Trinajstić information content (AvgIpc) is 2.05. The molecule has 0 saturated carbocycles. The summed E-state index contributed by atoms with van der Waals surface area (Å²) in [5.74, 6) is 0. The molecule has 1 atom stereocenters. The number of rotatable bonds is 3. The van der Waals surface area contributed by atoms with E-state index in [9.17, 15) is 0 Å². The first-order chi connectivity index (χ1) is 5.77. The molecule has 1 rings (SSSR count). The van der Waals surface area contributed by atoms with Gasteiger partial charge in [-0.15, -0.1) is 0 Å². The number of hydrogen-bond donors (Lipinski definition) is 0. The molecule has 0 heterocycles. The van der Waals surface area contributed by atoms with Crippen molar-refractivity contribution in [3.8, 4) is 0 Å². The van der Waals surface area contributed by atoms with Crippen LogP contribution < -0.4 is 0 Å². The summed E-state index contributed by atoms with van der Waals surface area (Å²) in [6.07, 6.45) is 5.80. The van der Waals surface area contributed by atoms with Crippen molar-refractivity contribution in [1.82, 2.24) is 0 Å². The van der Waals surface area contributed by atoms with Gasteiger partial charge < -0.3 is 4.74 Å². The van der Waals surface area contributed by atoms with Crippen molar-refractivity contribution < 1.29 is 4.74 Å². The topological polar surface area (TPSA) is 9.23 Å². The fourth-order valence-electron chi connectivity index (χ4n) is 1.24. The Kier molecular flexibility index (Phi) is 4.68. The highest BCUT2D eigenvalue weighted by molar-refractivity contribution is 14.2. The summed E-state index contributed by atoms with van der Waals surface area (Å²) in [7, 11) is 1.78. The van der Waals surface area contributed by atoms with Gasteiger partial charge in [-0.05, 0) is 25.8 Å². The van der Waals surface area contributed by atoms with E-state index < -0.39 is 0 Å². The van der Waals surface area contributed by atoms with Gasteiger partial charge in [-0.25, -0.2) is 0 Å². The highest BCUT2D eigenvalue weighted by atomic mass is 127. The van der Waals surface area contributed by atoms with Crippen molar-refractivity contribution in [3.63, 3.8) is 0 Å². The van der Waals surface area contributed by atoms with Crippen molar-refractivity contribution >= 4 is 30.1 Å². The van der Waals surface area contributed by atoms with Gasteiger partial charge >= 0.3 is 0 Å². The monoisotopic (exact) mass is 296 g/mol. The van der Waals surface area contributed by atoms with Crippen LogP contribution in [0.25, 0.3) is 0 Å². The van der Waals surface area contributed by atoms with Crippen molar-refractivity contribution in [2.24, 2.45) is 0 Å². The molecule has 68 valence electrons. The van der Waals surface area contributed by atoms with E-state index in [0.29, 0.717) is 6.10 Å². The normalized spacial score (nSPS) is 23.4. The van der Waals surface area contributed by atoms with E-state index in [1.54, 1.807) is 8.93 Å². The van der Waals surface area contributed by atoms with E-state index in [2.05, 4.69) is 40.3 Å². The van der Waals surface area contributed by atoms with Crippen LogP contribution in [0.5, 0.6) is 0 Å². The van der Waals surface area contributed by atoms with Gasteiger partial charge in [-0.1, -0.05) is 21.1 Å². The Hall–Kier alpha value is 0.520. The Morgan fingerprint density at radius 2 is 2.50 bits per heavy atom. The molecule has 0 aromatic rings. The van der Waals surface area contributed by atoms with Crippen LogP contribution in [-0.4, -0.2) is 12.7 Å². The van der Waals surface area contributed by atoms with E-state index >= 15 is 0 Å². The van der Waals surface area contributed by atoms with Gasteiger partial charge in [0.05, 0.1) is 6.10 Å².